The lowest BCUT2D eigenvalue weighted by Gasteiger charge is -2.17. The van der Waals surface area contributed by atoms with E-state index in [-0.39, 0.29) is 17.4 Å². The van der Waals surface area contributed by atoms with Gasteiger partial charge in [0.15, 0.2) is 5.16 Å². The van der Waals surface area contributed by atoms with E-state index in [0.717, 1.165) is 47.8 Å². The van der Waals surface area contributed by atoms with Gasteiger partial charge in [-0.15, -0.1) is 11.3 Å². The van der Waals surface area contributed by atoms with Crippen molar-refractivity contribution in [1.82, 2.24) is 20.6 Å². The van der Waals surface area contributed by atoms with Crippen molar-refractivity contribution in [2.75, 3.05) is 5.75 Å². The van der Waals surface area contributed by atoms with E-state index in [1.54, 1.807) is 11.3 Å². The zero-order valence-electron chi connectivity index (χ0n) is 15.7. The van der Waals surface area contributed by atoms with E-state index in [1.165, 1.54) is 4.88 Å². The molecule has 2 atom stereocenters. The van der Waals surface area contributed by atoms with Crippen LogP contribution in [0.25, 0.3) is 10.2 Å². The van der Waals surface area contributed by atoms with Gasteiger partial charge in [-0.3, -0.25) is 14.9 Å². The first kappa shape index (κ1) is 19.9. The number of nitrogens with zero attached hydrogens (tertiary/aromatic N) is 1. The molecule has 0 bridgehead atoms. The van der Waals surface area contributed by atoms with Crippen LogP contribution in [0.1, 0.15) is 44.1 Å². The van der Waals surface area contributed by atoms with Crippen LogP contribution in [0, 0.1) is 5.92 Å². The van der Waals surface area contributed by atoms with Gasteiger partial charge in [0.2, 0.25) is 5.91 Å². The van der Waals surface area contributed by atoms with Gasteiger partial charge in [-0.05, 0) is 44.1 Å². The molecule has 0 radical (unpaired) electrons. The molecular weight excluding hydrogens is 384 g/mol. The summed E-state index contributed by atoms with van der Waals surface area (Å²) >= 11 is 2.70. The van der Waals surface area contributed by atoms with Gasteiger partial charge < -0.3 is 10.3 Å². The van der Waals surface area contributed by atoms with Crippen LogP contribution in [0.5, 0.6) is 0 Å². The molecule has 3 amide bonds. The second-order valence-corrected chi connectivity index (χ2v) is 9.07. The Morgan fingerprint density at radius 3 is 2.96 bits per heavy atom. The Balaban J connectivity index is 1.67. The highest BCUT2D eigenvalue weighted by Crippen LogP contribution is 2.36. The van der Waals surface area contributed by atoms with Crippen LogP contribution in [-0.4, -0.2) is 33.7 Å². The number of aromatic amines is 1. The molecule has 3 N–H and O–H groups in total. The summed E-state index contributed by atoms with van der Waals surface area (Å²) in [6.45, 7) is 6.04. The van der Waals surface area contributed by atoms with E-state index in [0.29, 0.717) is 16.5 Å². The number of thioether (sulfide) groups is 1. The number of amides is 3. The minimum atomic E-state index is -0.507. The highest BCUT2D eigenvalue weighted by atomic mass is 32.2. The Labute approximate surface area is 165 Å². The minimum absolute atomic E-state index is 0.00142. The van der Waals surface area contributed by atoms with E-state index >= 15 is 0 Å². The van der Waals surface area contributed by atoms with Crippen molar-refractivity contribution >= 4 is 45.3 Å². The van der Waals surface area contributed by atoms with Gasteiger partial charge >= 0.3 is 6.03 Å². The molecule has 0 saturated heterocycles. The molecule has 0 aliphatic heterocycles. The number of aryl methyl sites for hydroxylation is 1. The second kappa shape index (κ2) is 8.43. The number of urea groups is 1. The summed E-state index contributed by atoms with van der Waals surface area (Å²) in [5, 5.41) is 6.05. The fourth-order valence-electron chi connectivity index (χ4n) is 3.06. The maximum Gasteiger partial charge on any atom is 0.321 e. The Kier molecular flexibility index (Phi) is 6.21. The van der Waals surface area contributed by atoms with E-state index in [4.69, 9.17) is 0 Å². The Morgan fingerprint density at radius 2 is 2.22 bits per heavy atom. The lowest BCUT2D eigenvalue weighted by atomic mass is 9.89. The predicted molar refractivity (Wildman–Crippen MR) is 109 cm³/mol. The predicted octanol–water partition coefficient (Wildman–Crippen LogP) is 2.83. The summed E-state index contributed by atoms with van der Waals surface area (Å²) in [6.07, 6.45) is 3.78. The van der Waals surface area contributed by atoms with Crippen molar-refractivity contribution in [3.63, 3.8) is 0 Å². The molecule has 0 saturated carbocycles. The van der Waals surface area contributed by atoms with Gasteiger partial charge in [0.05, 0.1) is 11.1 Å². The molecule has 7 nitrogen and oxygen atoms in total. The fraction of sp³-hybridized carbons (Fsp3) is 0.556. The third-order valence-corrected chi connectivity index (χ3v) is 6.75. The highest BCUT2D eigenvalue weighted by molar-refractivity contribution is 7.99. The van der Waals surface area contributed by atoms with Crippen LogP contribution in [0.3, 0.4) is 0 Å². The maximum absolute atomic E-state index is 12.5. The lowest BCUT2D eigenvalue weighted by Crippen LogP contribution is -2.43. The maximum atomic E-state index is 12.5. The molecule has 2 aromatic heterocycles. The molecule has 2 heterocycles. The quantitative estimate of drug-likeness (QED) is 0.521. The molecule has 9 heteroatoms. The number of aromatic nitrogens is 2. The highest BCUT2D eigenvalue weighted by Gasteiger charge is 2.23. The summed E-state index contributed by atoms with van der Waals surface area (Å²) in [6, 6.07) is -0.509. The number of thiophene rings is 1. The van der Waals surface area contributed by atoms with Crippen molar-refractivity contribution in [2.45, 2.75) is 57.7 Å². The first-order valence-electron chi connectivity index (χ1n) is 9.15. The van der Waals surface area contributed by atoms with Gasteiger partial charge in [-0.1, -0.05) is 25.6 Å². The summed E-state index contributed by atoms with van der Waals surface area (Å²) in [5.74, 6) is 0.205. The van der Waals surface area contributed by atoms with Gasteiger partial charge in [-0.25, -0.2) is 9.78 Å². The molecular formula is C18H24N4O3S2. The molecule has 0 unspecified atom stereocenters. The largest absolute Gasteiger partial charge is 0.335 e. The Bertz CT molecular complexity index is 921. The summed E-state index contributed by atoms with van der Waals surface area (Å²) in [7, 11) is 0. The van der Waals surface area contributed by atoms with Crippen LogP contribution in [0.15, 0.2) is 9.95 Å². The first-order chi connectivity index (χ1) is 12.9. The molecule has 1 aliphatic carbocycles. The average molecular weight is 409 g/mol. The van der Waals surface area contributed by atoms with Crippen molar-refractivity contribution in [3.8, 4) is 0 Å². The number of carbonyl (C=O) groups excluding carboxylic acids is 2. The van der Waals surface area contributed by atoms with E-state index in [1.807, 2.05) is 13.8 Å². The minimum Gasteiger partial charge on any atom is -0.335 e. The Hall–Kier alpha value is -1.87. The van der Waals surface area contributed by atoms with E-state index < -0.39 is 11.9 Å². The molecule has 2 aromatic rings. The molecule has 0 aromatic carbocycles. The number of nitrogens with one attached hydrogen (secondary N) is 3. The van der Waals surface area contributed by atoms with Crippen LogP contribution >= 0.6 is 23.1 Å². The molecule has 3 rings (SSSR count). The molecule has 146 valence electrons. The van der Waals surface area contributed by atoms with Crippen molar-refractivity contribution in [3.05, 3.63) is 20.8 Å². The summed E-state index contributed by atoms with van der Waals surface area (Å²) in [4.78, 5) is 45.4. The van der Waals surface area contributed by atoms with Gasteiger partial charge in [0.1, 0.15) is 4.83 Å². The molecule has 27 heavy (non-hydrogen) atoms. The SMILES string of the molecule is CC[C@@H](C)NC(=O)NC(=O)CSc1nc2sc3c(c2c(=O)[nH]1)CC[C@@H](C)C3. The van der Waals surface area contributed by atoms with Crippen LogP contribution in [0.4, 0.5) is 4.79 Å². The molecule has 0 spiro atoms. The van der Waals surface area contributed by atoms with Crippen LogP contribution in [0.2, 0.25) is 0 Å². The van der Waals surface area contributed by atoms with Crippen molar-refractivity contribution in [2.24, 2.45) is 5.92 Å². The van der Waals surface area contributed by atoms with E-state index in [9.17, 15) is 14.4 Å². The normalized spacial score (nSPS) is 17.4. The molecule has 0 fully saturated rings. The fourth-order valence-corrected chi connectivity index (χ4v) is 5.16. The number of imide groups is 1. The van der Waals surface area contributed by atoms with Gasteiger partial charge in [0.25, 0.3) is 5.56 Å². The van der Waals surface area contributed by atoms with Crippen LogP contribution < -0.4 is 16.2 Å². The smallest absolute Gasteiger partial charge is 0.321 e. The zero-order valence-corrected chi connectivity index (χ0v) is 17.3. The van der Waals surface area contributed by atoms with Crippen molar-refractivity contribution < 1.29 is 9.59 Å². The second-order valence-electron chi connectivity index (χ2n) is 7.02. The average Bonchev–Trinajstić information content (AvgIpc) is 2.97. The number of carbonyl (C=O) groups is 2. The molecule has 1 aliphatic rings. The van der Waals surface area contributed by atoms with Gasteiger partial charge in [-0.2, -0.15) is 0 Å². The Morgan fingerprint density at radius 1 is 1.44 bits per heavy atom. The number of hydrogen-bond acceptors (Lipinski definition) is 6. The third kappa shape index (κ3) is 4.70. The lowest BCUT2D eigenvalue weighted by molar-refractivity contribution is -0.117. The first-order valence-corrected chi connectivity index (χ1v) is 10.9. The van der Waals surface area contributed by atoms with Gasteiger partial charge in [0, 0.05) is 10.9 Å². The summed E-state index contributed by atoms with van der Waals surface area (Å²) < 4.78 is 0. The number of hydrogen-bond donors (Lipinski definition) is 3. The number of H-pyrrole nitrogens is 1. The van der Waals surface area contributed by atoms with Crippen molar-refractivity contribution in [1.29, 1.82) is 0 Å². The third-order valence-electron chi connectivity index (χ3n) is 4.73. The summed E-state index contributed by atoms with van der Waals surface area (Å²) in [5.41, 5.74) is 0.988. The number of fused-ring (bicyclic) bond motifs is 3. The van der Waals surface area contributed by atoms with Crippen LogP contribution in [-0.2, 0) is 17.6 Å². The number of rotatable bonds is 5. The topological polar surface area (TPSA) is 104 Å². The monoisotopic (exact) mass is 408 g/mol. The van der Waals surface area contributed by atoms with E-state index in [2.05, 4.69) is 27.5 Å². The zero-order chi connectivity index (χ0) is 19.6. The standard InChI is InChI=1S/C18H24N4O3S2/c1-4-10(3)19-17(25)20-13(23)8-26-18-21-15(24)14-11-6-5-9(2)7-12(11)27-16(14)22-18/h9-10H,4-8H2,1-3H3,(H,21,22,24)(H2,19,20,23,25)/t9-,10-/m1/s1.